The predicted molar refractivity (Wildman–Crippen MR) is 81.8 cm³/mol. The minimum absolute atomic E-state index is 0.0641. The normalized spacial score (nSPS) is 23.2. The van der Waals surface area contributed by atoms with Gasteiger partial charge < -0.3 is 10.4 Å². The van der Waals surface area contributed by atoms with Crippen molar-refractivity contribution >= 4 is 23.8 Å². The van der Waals surface area contributed by atoms with Gasteiger partial charge in [-0.1, -0.05) is 34.6 Å². The van der Waals surface area contributed by atoms with Crippen LogP contribution in [0.4, 0.5) is 4.79 Å². The Kier molecular flexibility index (Phi) is 5.74. The minimum atomic E-state index is -0.924. The third-order valence-corrected chi connectivity index (χ3v) is 4.90. The van der Waals surface area contributed by atoms with Crippen molar-refractivity contribution in [1.29, 1.82) is 0 Å². The van der Waals surface area contributed by atoms with Crippen LogP contribution in [0.1, 0.15) is 41.0 Å². The number of nitrogens with one attached hydrogen (secondary N) is 1. The highest BCUT2D eigenvalue weighted by Gasteiger charge is 2.42. The Morgan fingerprint density at radius 1 is 1.40 bits per heavy atom. The molecule has 0 radical (unpaired) electrons. The van der Waals surface area contributed by atoms with Gasteiger partial charge in [-0.05, 0) is 17.8 Å². The number of carboxylic acid groups (broad SMARTS) is 1. The van der Waals surface area contributed by atoms with E-state index in [0.717, 1.165) is 6.42 Å². The van der Waals surface area contributed by atoms with E-state index in [0.29, 0.717) is 12.3 Å². The van der Waals surface area contributed by atoms with Crippen LogP contribution in [0.3, 0.4) is 0 Å². The van der Waals surface area contributed by atoms with E-state index in [4.69, 9.17) is 0 Å². The largest absolute Gasteiger partial charge is 0.480 e. The third-order valence-electron chi connectivity index (χ3n) is 3.28. The summed E-state index contributed by atoms with van der Waals surface area (Å²) < 4.78 is 0. The van der Waals surface area contributed by atoms with Crippen LogP contribution in [-0.4, -0.2) is 45.7 Å². The predicted octanol–water partition coefficient (Wildman–Crippen LogP) is 2.62. The van der Waals surface area contributed by atoms with Gasteiger partial charge in [-0.2, -0.15) is 0 Å². The fourth-order valence-corrected chi connectivity index (χ4v) is 3.60. The fraction of sp³-hybridized carbons (Fsp3) is 0.857. The maximum absolute atomic E-state index is 12.3. The number of carboxylic acids is 1. The molecule has 6 heteroatoms. The first-order valence-electron chi connectivity index (χ1n) is 7.04. The Bertz CT molecular complexity index is 366. The zero-order chi connectivity index (χ0) is 15.5. The van der Waals surface area contributed by atoms with E-state index in [2.05, 4.69) is 26.1 Å². The molecule has 0 spiro atoms. The number of thioether (sulfide) groups is 1. The van der Waals surface area contributed by atoms with E-state index in [9.17, 15) is 14.7 Å². The van der Waals surface area contributed by atoms with E-state index >= 15 is 0 Å². The van der Waals surface area contributed by atoms with Gasteiger partial charge in [-0.3, -0.25) is 4.90 Å². The molecule has 5 nitrogen and oxygen atoms in total. The lowest BCUT2D eigenvalue weighted by atomic mass is 9.92. The Morgan fingerprint density at radius 3 is 2.45 bits per heavy atom. The molecule has 1 rings (SSSR count). The summed E-state index contributed by atoms with van der Waals surface area (Å²) in [4.78, 5) is 25.1. The summed E-state index contributed by atoms with van der Waals surface area (Å²) in [5.74, 6) is -0.227. The van der Waals surface area contributed by atoms with Crippen LogP contribution >= 0.6 is 11.8 Å². The summed E-state index contributed by atoms with van der Waals surface area (Å²) in [6.07, 6.45) is 0.865. The molecule has 2 N–H and O–H groups in total. The lowest BCUT2D eigenvalue weighted by Gasteiger charge is -2.30. The zero-order valence-corrected chi connectivity index (χ0v) is 13.8. The van der Waals surface area contributed by atoms with Gasteiger partial charge in [0.2, 0.25) is 0 Å². The molecule has 0 aromatic rings. The summed E-state index contributed by atoms with van der Waals surface area (Å²) in [5.41, 5.74) is 0.149. The van der Waals surface area contributed by atoms with E-state index in [-0.39, 0.29) is 22.7 Å². The molecule has 20 heavy (non-hydrogen) atoms. The minimum Gasteiger partial charge on any atom is -0.480 e. The standard InChI is InChI=1S/C14H26N2O3S/c1-9(2)11-16(10(8-20-11)12(17)18)13(19)15-7-6-14(3,4)5/h9-11H,6-8H2,1-5H3,(H,15,19)(H,17,18). The molecule has 1 aliphatic heterocycles. The number of hydrogen-bond acceptors (Lipinski definition) is 3. The molecule has 1 heterocycles. The molecule has 0 aromatic heterocycles. The molecule has 116 valence electrons. The van der Waals surface area contributed by atoms with Crippen LogP contribution in [0.5, 0.6) is 0 Å². The van der Waals surface area contributed by atoms with Crippen molar-refractivity contribution in [2.24, 2.45) is 11.3 Å². The first-order valence-corrected chi connectivity index (χ1v) is 8.09. The van der Waals surface area contributed by atoms with Crippen molar-refractivity contribution in [2.45, 2.75) is 52.5 Å². The highest BCUT2D eigenvalue weighted by Crippen LogP contribution is 2.34. The van der Waals surface area contributed by atoms with Crippen molar-refractivity contribution < 1.29 is 14.7 Å². The summed E-state index contributed by atoms with van der Waals surface area (Å²) >= 11 is 1.55. The van der Waals surface area contributed by atoms with Gasteiger partial charge in [-0.25, -0.2) is 9.59 Å². The van der Waals surface area contributed by atoms with Crippen molar-refractivity contribution in [2.75, 3.05) is 12.3 Å². The smallest absolute Gasteiger partial charge is 0.327 e. The maximum atomic E-state index is 12.3. The van der Waals surface area contributed by atoms with Crippen molar-refractivity contribution in [1.82, 2.24) is 10.2 Å². The number of carbonyl (C=O) groups excluding carboxylic acids is 1. The first-order chi connectivity index (χ1) is 9.13. The van der Waals surface area contributed by atoms with Crippen LogP contribution in [0.15, 0.2) is 0 Å². The molecule has 0 aromatic carbocycles. The number of carbonyl (C=O) groups is 2. The second kappa shape index (κ2) is 6.70. The van der Waals surface area contributed by atoms with Gasteiger partial charge in [0.1, 0.15) is 6.04 Å². The van der Waals surface area contributed by atoms with Gasteiger partial charge >= 0.3 is 12.0 Å². The molecule has 1 fully saturated rings. The molecule has 2 unspecified atom stereocenters. The highest BCUT2D eigenvalue weighted by molar-refractivity contribution is 8.00. The van der Waals surface area contributed by atoms with E-state index in [1.54, 1.807) is 11.8 Å². The number of amides is 2. The zero-order valence-electron chi connectivity index (χ0n) is 13.0. The lowest BCUT2D eigenvalue weighted by Crippen LogP contribution is -2.51. The maximum Gasteiger partial charge on any atom is 0.327 e. The number of hydrogen-bond donors (Lipinski definition) is 2. The molecular formula is C14H26N2O3S. The Morgan fingerprint density at radius 2 is 2.00 bits per heavy atom. The summed E-state index contributed by atoms with van der Waals surface area (Å²) in [7, 11) is 0. The van der Waals surface area contributed by atoms with Gasteiger partial charge in [-0.15, -0.1) is 11.8 Å². The van der Waals surface area contributed by atoms with Crippen molar-refractivity contribution in [3.63, 3.8) is 0 Å². The summed E-state index contributed by atoms with van der Waals surface area (Å²) in [6.45, 7) is 10.9. The highest BCUT2D eigenvalue weighted by atomic mass is 32.2. The molecule has 1 saturated heterocycles. The average Bonchev–Trinajstić information content (AvgIpc) is 2.71. The molecule has 2 amide bonds. The number of rotatable bonds is 4. The molecular weight excluding hydrogens is 276 g/mol. The SMILES string of the molecule is CC(C)C1SCC(C(=O)O)N1C(=O)NCCC(C)(C)C. The Hall–Kier alpha value is -0.910. The van der Waals surface area contributed by atoms with Crippen LogP contribution < -0.4 is 5.32 Å². The molecule has 0 aliphatic carbocycles. The third kappa shape index (κ3) is 4.58. The summed E-state index contributed by atoms with van der Waals surface area (Å²) in [5, 5.41) is 12.0. The first kappa shape index (κ1) is 17.1. The fourth-order valence-electron chi connectivity index (χ4n) is 2.12. The van der Waals surface area contributed by atoms with Crippen molar-refractivity contribution in [3.8, 4) is 0 Å². The van der Waals surface area contributed by atoms with Gasteiger partial charge in [0.05, 0.1) is 5.37 Å². The monoisotopic (exact) mass is 302 g/mol. The van der Waals surface area contributed by atoms with Gasteiger partial charge in [0.25, 0.3) is 0 Å². The molecule has 1 aliphatic rings. The number of aliphatic carboxylic acids is 1. The van der Waals surface area contributed by atoms with E-state index < -0.39 is 12.0 Å². The average molecular weight is 302 g/mol. The topological polar surface area (TPSA) is 69.6 Å². The summed E-state index contributed by atoms with van der Waals surface area (Å²) in [6, 6.07) is -0.979. The van der Waals surface area contributed by atoms with Crippen molar-refractivity contribution in [3.05, 3.63) is 0 Å². The quantitative estimate of drug-likeness (QED) is 0.837. The second-order valence-electron chi connectivity index (χ2n) is 6.77. The Balaban J connectivity index is 2.67. The van der Waals surface area contributed by atoms with Crippen LogP contribution in [0.25, 0.3) is 0 Å². The Labute approximate surface area is 125 Å². The number of urea groups is 1. The van der Waals surface area contributed by atoms with E-state index in [1.807, 2.05) is 13.8 Å². The van der Waals surface area contributed by atoms with Gasteiger partial charge in [0, 0.05) is 12.3 Å². The van der Waals surface area contributed by atoms with Gasteiger partial charge in [0.15, 0.2) is 0 Å². The van der Waals surface area contributed by atoms with Crippen LogP contribution in [0.2, 0.25) is 0 Å². The van der Waals surface area contributed by atoms with Crippen LogP contribution in [-0.2, 0) is 4.79 Å². The second-order valence-corrected chi connectivity index (χ2v) is 7.92. The van der Waals surface area contributed by atoms with E-state index in [1.165, 1.54) is 4.90 Å². The lowest BCUT2D eigenvalue weighted by molar-refractivity contribution is -0.141. The molecule has 0 saturated carbocycles. The molecule has 0 bridgehead atoms. The van der Waals surface area contributed by atoms with Crippen LogP contribution in [0, 0.1) is 11.3 Å². The molecule has 2 atom stereocenters. The number of nitrogens with zero attached hydrogens (tertiary/aromatic N) is 1.